The van der Waals surface area contributed by atoms with Crippen molar-refractivity contribution in [2.45, 2.75) is 32.0 Å². The van der Waals surface area contributed by atoms with Gasteiger partial charge in [0.15, 0.2) is 4.34 Å². The molecule has 6 nitrogen and oxygen atoms in total. The van der Waals surface area contributed by atoms with Crippen molar-refractivity contribution in [3.63, 3.8) is 0 Å². The molecular weight excluding hydrogens is 404 g/mol. The first-order chi connectivity index (χ1) is 13.8. The Morgan fingerprint density at radius 2 is 1.72 bits per heavy atom. The molecule has 1 aromatic heterocycles. The minimum Gasteiger partial charge on any atom is -0.325 e. The predicted molar refractivity (Wildman–Crippen MR) is 119 cm³/mol. The highest BCUT2D eigenvalue weighted by molar-refractivity contribution is 8.01. The van der Waals surface area contributed by atoms with Crippen molar-refractivity contribution in [3.05, 3.63) is 64.2 Å². The molecule has 2 N–H and O–H groups in total. The van der Waals surface area contributed by atoms with Gasteiger partial charge in [-0.15, -0.1) is 10.2 Å². The molecule has 150 valence electrons. The average Bonchev–Trinajstić information content (AvgIpc) is 3.12. The molecule has 0 fully saturated rings. The number of nitrogens with one attached hydrogen (secondary N) is 2. The van der Waals surface area contributed by atoms with Gasteiger partial charge in [0, 0.05) is 11.3 Å². The highest BCUT2D eigenvalue weighted by Crippen LogP contribution is 2.26. The van der Waals surface area contributed by atoms with Crippen molar-refractivity contribution < 1.29 is 9.59 Å². The average molecular weight is 427 g/mol. The summed E-state index contributed by atoms with van der Waals surface area (Å²) in [6, 6.07) is 11.4. The van der Waals surface area contributed by atoms with E-state index in [-0.39, 0.29) is 17.6 Å². The van der Waals surface area contributed by atoms with Crippen LogP contribution >= 0.6 is 23.1 Å². The first-order valence-corrected chi connectivity index (χ1v) is 10.8. The standard InChI is InChI=1S/C21H22N4O2S2/c1-12-5-8-17(15(4)9-12)22-18(26)11-28-21-25-24-20(29-21)23-19(27)16-7-6-13(2)14(3)10-16/h5-10H,11H2,1-4H3,(H,22,26)(H,23,24,27). The van der Waals surface area contributed by atoms with Gasteiger partial charge in [-0.05, 0) is 62.6 Å². The normalized spacial score (nSPS) is 10.6. The summed E-state index contributed by atoms with van der Waals surface area (Å²) < 4.78 is 0.621. The molecule has 0 aliphatic carbocycles. The smallest absolute Gasteiger partial charge is 0.257 e. The van der Waals surface area contributed by atoms with Crippen LogP contribution in [0.15, 0.2) is 40.7 Å². The van der Waals surface area contributed by atoms with E-state index in [4.69, 9.17) is 0 Å². The molecule has 3 aromatic rings. The third-order valence-electron chi connectivity index (χ3n) is 4.38. The lowest BCUT2D eigenvalue weighted by Crippen LogP contribution is -2.14. The van der Waals surface area contributed by atoms with Crippen LogP contribution in [0.25, 0.3) is 0 Å². The number of hydrogen-bond acceptors (Lipinski definition) is 6. The molecular formula is C21H22N4O2S2. The summed E-state index contributed by atoms with van der Waals surface area (Å²) in [4.78, 5) is 24.6. The van der Waals surface area contributed by atoms with E-state index in [0.717, 1.165) is 27.9 Å². The Bertz CT molecular complexity index is 1060. The Morgan fingerprint density at radius 1 is 0.931 bits per heavy atom. The molecule has 0 bridgehead atoms. The molecule has 0 saturated heterocycles. The molecule has 0 radical (unpaired) electrons. The Morgan fingerprint density at radius 3 is 2.45 bits per heavy atom. The van der Waals surface area contributed by atoms with Crippen molar-refractivity contribution in [3.8, 4) is 0 Å². The Hall–Kier alpha value is -2.71. The second-order valence-corrected chi connectivity index (χ2v) is 8.98. The minimum absolute atomic E-state index is 0.113. The molecule has 29 heavy (non-hydrogen) atoms. The highest BCUT2D eigenvalue weighted by Gasteiger charge is 2.13. The van der Waals surface area contributed by atoms with Gasteiger partial charge < -0.3 is 5.32 Å². The monoisotopic (exact) mass is 426 g/mol. The summed E-state index contributed by atoms with van der Waals surface area (Å²) >= 11 is 2.53. The van der Waals surface area contributed by atoms with Crippen LogP contribution in [0, 0.1) is 27.7 Å². The summed E-state index contributed by atoms with van der Waals surface area (Å²) in [5, 5.41) is 14.1. The molecule has 0 atom stereocenters. The number of anilines is 2. The van der Waals surface area contributed by atoms with E-state index in [1.807, 2.05) is 58.0 Å². The largest absolute Gasteiger partial charge is 0.325 e. The van der Waals surface area contributed by atoms with Crippen molar-refractivity contribution in [2.24, 2.45) is 0 Å². The second kappa shape index (κ2) is 9.19. The van der Waals surface area contributed by atoms with E-state index < -0.39 is 0 Å². The molecule has 2 amide bonds. The summed E-state index contributed by atoms with van der Waals surface area (Å²) in [7, 11) is 0. The Labute approximate surface area is 178 Å². The van der Waals surface area contributed by atoms with Gasteiger partial charge in [0.2, 0.25) is 11.0 Å². The SMILES string of the molecule is Cc1ccc(NC(=O)CSc2nnc(NC(=O)c3ccc(C)c(C)c3)s2)c(C)c1. The fourth-order valence-corrected chi connectivity index (χ4v) is 4.18. The summed E-state index contributed by atoms with van der Waals surface area (Å²) in [5.74, 6) is -0.126. The highest BCUT2D eigenvalue weighted by atomic mass is 32.2. The van der Waals surface area contributed by atoms with E-state index in [0.29, 0.717) is 15.0 Å². The maximum absolute atomic E-state index is 12.4. The number of benzene rings is 2. The Balaban J connectivity index is 1.54. The van der Waals surface area contributed by atoms with Crippen LogP contribution in [-0.4, -0.2) is 27.8 Å². The van der Waals surface area contributed by atoms with Crippen molar-refractivity contribution in [1.29, 1.82) is 0 Å². The fourth-order valence-electron chi connectivity index (χ4n) is 2.64. The number of aromatic nitrogens is 2. The molecule has 0 aliphatic heterocycles. The summed E-state index contributed by atoms with van der Waals surface area (Å²) in [6.45, 7) is 7.95. The zero-order valence-corrected chi connectivity index (χ0v) is 18.3. The van der Waals surface area contributed by atoms with Crippen LogP contribution in [0.2, 0.25) is 0 Å². The first-order valence-electron chi connectivity index (χ1n) is 9.04. The first kappa shape index (κ1) is 21.0. The van der Waals surface area contributed by atoms with Crippen LogP contribution in [0.5, 0.6) is 0 Å². The quantitative estimate of drug-likeness (QED) is 0.439. The molecule has 3 rings (SSSR count). The number of carbonyl (C=O) groups is 2. The number of nitrogens with zero attached hydrogens (tertiary/aromatic N) is 2. The molecule has 1 heterocycles. The number of amides is 2. The van der Waals surface area contributed by atoms with Gasteiger partial charge in [0.05, 0.1) is 5.75 Å². The lowest BCUT2D eigenvalue weighted by molar-refractivity contribution is -0.113. The third-order valence-corrected chi connectivity index (χ3v) is 6.35. The number of carbonyl (C=O) groups excluding carboxylic acids is 2. The van der Waals surface area contributed by atoms with Gasteiger partial charge in [-0.25, -0.2) is 0 Å². The van der Waals surface area contributed by atoms with E-state index in [2.05, 4.69) is 20.8 Å². The van der Waals surface area contributed by atoms with Gasteiger partial charge in [-0.3, -0.25) is 14.9 Å². The predicted octanol–water partition coefficient (Wildman–Crippen LogP) is 4.75. The van der Waals surface area contributed by atoms with Crippen LogP contribution in [0.4, 0.5) is 10.8 Å². The van der Waals surface area contributed by atoms with Gasteiger partial charge in [-0.1, -0.05) is 46.9 Å². The third kappa shape index (κ3) is 5.65. The van der Waals surface area contributed by atoms with E-state index >= 15 is 0 Å². The second-order valence-electron chi connectivity index (χ2n) is 6.78. The maximum Gasteiger partial charge on any atom is 0.257 e. The van der Waals surface area contributed by atoms with Crippen LogP contribution in [0.3, 0.4) is 0 Å². The topological polar surface area (TPSA) is 84.0 Å². The molecule has 8 heteroatoms. The van der Waals surface area contributed by atoms with Gasteiger partial charge in [0.25, 0.3) is 5.91 Å². The van der Waals surface area contributed by atoms with Crippen LogP contribution in [-0.2, 0) is 4.79 Å². The number of hydrogen-bond donors (Lipinski definition) is 2. The lowest BCUT2D eigenvalue weighted by atomic mass is 10.1. The molecule has 2 aromatic carbocycles. The van der Waals surface area contributed by atoms with Crippen LogP contribution < -0.4 is 10.6 Å². The van der Waals surface area contributed by atoms with E-state index in [1.165, 1.54) is 23.1 Å². The molecule has 0 aliphatic rings. The molecule has 0 spiro atoms. The summed E-state index contributed by atoms with van der Waals surface area (Å²) in [6.07, 6.45) is 0. The minimum atomic E-state index is -0.228. The van der Waals surface area contributed by atoms with Gasteiger partial charge >= 0.3 is 0 Å². The number of thioether (sulfide) groups is 1. The van der Waals surface area contributed by atoms with Gasteiger partial charge in [0.1, 0.15) is 0 Å². The van der Waals surface area contributed by atoms with Crippen molar-refractivity contribution in [1.82, 2.24) is 10.2 Å². The van der Waals surface area contributed by atoms with Crippen LogP contribution in [0.1, 0.15) is 32.6 Å². The van der Waals surface area contributed by atoms with E-state index in [9.17, 15) is 9.59 Å². The maximum atomic E-state index is 12.4. The van der Waals surface area contributed by atoms with Gasteiger partial charge in [-0.2, -0.15) is 0 Å². The zero-order chi connectivity index (χ0) is 21.0. The van der Waals surface area contributed by atoms with Crippen molar-refractivity contribution in [2.75, 3.05) is 16.4 Å². The summed E-state index contributed by atoms with van der Waals surface area (Å²) in [5.41, 5.74) is 5.75. The zero-order valence-electron chi connectivity index (χ0n) is 16.7. The van der Waals surface area contributed by atoms with E-state index in [1.54, 1.807) is 6.07 Å². The molecule has 0 unspecified atom stereocenters. The number of aryl methyl sites for hydroxylation is 4. The Kier molecular flexibility index (Phi) is 6.66. The number of rotatable bonds is 6. The van der Waals surface area contributed by atoms with Crippen molar-refractivity contribution >= 4 is 45.7 Å². The fraction of sp³-hybridized carbons (Fsp3) is 0.238. The lowest BCUT2D eigenvalue weighted by Gasteiger charge is -2.08. The molecule has 0 saturated carbocycles.